The van der Waals surface area contributed by atoms with Crippen LogP contribution in [-0.4, -0.2) is 17.4 Å². The van der Waals surface area contributed by atoms with Gasteiger partial charge in [0, 0.05) is 24.1 Å². The normalized spacial score (nSPS) is 12.4. The Morgan fingerprint density at radius 2 is 2.00 bits per heavy atom. The summed E-state index contributed by atoms with van der Waals surface area (Å²) in [5.41, 5.74) is 4.93. The van der Waals surface area contributed by atoms with E-state index in [0.717, 1.165) is 30.9 Å². The van der Waals surface area contributed by atoms with Crippen LogP contribution in [0.1, 0.15) is 27.2 Å². The first kappa shape index (κ1) is 18.4. The van der Waals surface area contributed by atoms with Gasteiger partial charge in [0.1, 0.15) is 0 Å². The third-order valence-electron chi connectivity index (χ3n) is 3.52. The predicted octanol–water partition coefficient (Wildman–Crippen LogP) is 3.13. The second-order valence-electron chi connectivity index (χ2n) is 5.05. The van der Waals surface area contributed by atoms with E-state index in [9.17, 15) is 4.79 Å². The molecule has 0 unspecified atom stereocenters. The van der Waals surface area contributed by atoms with Crippen molar-refractivity contribution >= 4 is 36.4 Å². The molecule has 6 heteroatoms. The fourth-order valence-corrected chi connectivity index (χ4v) is 2.36. The van der Waals surface area contributed by atoms with Crippen molar-refractivity contribution in [3.05, 3.63) is 58.9 Å². The molecule has 22 heavy (non-hydrogen) atoms. The van der Waals surface area contributed by atoms with Crippen molar-refractivity contribution in [2.75, 3.05) is 11.9 Å². The molecule has 0 saturated heterocycles. The molecule has 1 aliphatic heterocycles. The number of pyridine rings is 1. The van der Waals surface area contributed by atoms with Crippen LogP contribution in [0.15, 0.2) is 36.5 Å². The average Bonchev–Trinajstić information content (AvgIpc) is 2.48. The highest BCUT2D eigenvalue weighted by atomic mass is 35.5. The number of aromatic nitrogens is 1. The van der Waals surface area contributed by atoms with Gasteiger partial charge in [-0.2, -0.15) is 0 Å². The number of anilines is 1. The maximum absolute atomic E-state index is 12.1. The van der Waals surface area contributed by atoms with Gasteiger partial charge >= 0.3 is 0 Å². The van der Waals surface area contributed by atoms with Crippen LogP contribution in [0.5, 0.6) is 0 Å². The summed E-state index contributed by atoms with van der Waals surface area (Å²) in [5.74, 6) is -0.124. The van der Waals surface area contributed by atoms with Crippen molar-refractivity contribution in [2.24, 2.45) is 0 Å². The van der Waals surface area contributed by atoms with Gasteiger partial charge in [0.05, 0.1) is 5.56 Å². The molecule has 0 radical (unpaired) electrons. The summed E-state index contributed by atoms with van der Waals surface area (Å²) in [5, 5.41) is 6.26. The molecule has 0 aliphatic carbocycles. The maximum Gasteiger partial charge on any atom is 0.257 e. The zero-order valence-corrected chi connectivity index (χ0v) is 13.9. The Hall–Kier alpha value is -1.62. The van der Waals surface area contributed by atoms with E-state index in [1.807, 2.05) is 25.1 Å². The van der Waals surface area contributed by atoms with Gasteiger partial charge in [0.25, 0.3) is 5.91 Å². The van der Waals surface area contributed by atoms with Gasteiger partial charge in [-0.3, -0.25) is 9.78 Å². The van der Waals surface area contributed by atoms with Gasteiger partial charge < -0.3 is 10.6 Å². The van der Waals surface area contributed by atoms with Crippen molar-refractivity contribution in [1.29, 1.82) is 0 Å². The van der Waals surface area contributed by atoms with Crippen molar-refractivity contribution in [1.82, 2.24) is 10.3 Å². The minimum absolute atomic E-state index is 0. The fourth-order valence-electron chi connectivity index (χ4n) is 2.36. The second-order valence-corrected chi connectivity index (χ2v) is 5.05. The molecule has 0 bridgehead atoms. The molecule has 1 aliphatic rings. The van der Waals surface area contributed by atoms with E-state index in [1.54, 1.807) is 12.3 Å². The number of nitrogens with one attached hydrogen (secondary N) is 2. The number of carbonyl (C=O) groups excluding carboxylic acids is 1. The van der Waals surface area contributed by atoms with Crippen LogP contribution in [0, 0.1) is 6.92 Å². The Morgan fingerprint density at radius 3 is 2.73 bits per heavy atom. The summed E-state index contributed by atoms with van der Waals surface area (Å²) in [7, 11) is 0. The lowest BCUT2D eigenvalue weighted by Crippen LogP contribution is -2.23. The van der Waals surface area contributed by atoms with Gasteiger partial charge in [0.2, 0.25) is 0 Å². The molecule has 2 aromatic rings. The molecule has 1 aromatic carbocycles. The molecular formula is C16H19Cl2N3O. The number of nitrogens with zero attached hydrogens (tertiary/aromatic N) is 1. The lowest BCUT2D eigenvalue weighted by Gasteiger charge is -2.18. The molecule has 1 aromatic heterocycles. The summed E-state index contributed by atoms with van der Waals surface area (Å²) < 4.78 is 0. The largest absolute Gasteiger partial charge is 0.322 e. The summed E-state index contributed by atoms with van der Waals surface area (Å²) in [6, 6.07) is 9.73. The van der Waals surface area contributed by atoms with Gasteiger partial charge in [0.15, 0.2) is 0 Å². The lowest BCUT2D eigenvalue weighted by molar-refractivity contribution is 0.102. The number of hydrogen-bond donors (Lipinski definition) is 2. The van der Waals surface area contributed by atoms with E-state index < -0.39 is 0 Å². The van der Waals surface area contributed by atoms with Crippen LogP contribution in [0.25, 0.3) is 0 Å². The molecule has 4 nitrogen and oxygen atoms in total. The van der Waals surface area contributed by atoms with Gasteiger partial charge in [-0.05, 0) is 55.3 Å². The summed E-state index contributed by atoms with van der Waals surface area (Å²) >= 11 is 0. The standard InChI is InChI=1S/C16H17N3O.2ClH/c1-11-2-3-13(10-18-11)16(20)19-15-5-4-12-6-7-17-9-14(12)8-15;;/h2-5,8,10,17H,6-7,9H2,1H3,(H,19,20);2*1H. The predicted molar refractivity (Wildman–Crippen MR) is 93.3 cm³/mol. The SMILES string of the molecule is Cc1ccc(C(=O)Nc2ccc3c(c2)CNCC3)cn1.Cl.Cl. The molecule has 0 fully saturated rings. The van der Waals surface area contributed by atoms with Crippen LogP contribution in [0.3, 0.4) is 0 Å². The van der Waals surface area contributed by atoms with E-state index in [4.69, 9.17) is 0 Å². The number of rotatable bonds is 2. The topological polar surface area (TPSA) is 54.0 Å². The maximum atomic E-state index is 12.1. The highest BCUT2D eigenvalue weighted by Crippen LogP contribution is 2.19. The number of hydrogen-bond acceptors (Lipinski definition) is 3. The Morgan fingerprint density at radius 1 is 1.18 bits per heavy atom. The van der Waals surface area contributed by atoms with Crippen LogP contribution in [0.2, 0.25) is 0 Å². The molecule has 3 rings (SSSR count). The molecule has 1 amide bonds. The highest BCUT2D eigenvalue weighted by molar-refractivity contribution is 6.04. The summed E-state index contributed by atoms with van der Waals surface area (Å²) in [4.78, 5) is 16.3. The van der Waals surface area contributed by atoms with Crippen molar-refractivity contribution in [2.45, 2.75) is 19.9 Å². The second kappa shape index (κ2) is 8.13. The number of amides is 1. The van der Waals surface area contributed by atoms with Crippen LogP contribution in [0.4, 0.5) is 5.69 Å². The van der Waals surface area contributed by atoms with Crippen LogP contribution in [-0.2, 0) is 13.0 Å². The molecule has 0 saturated carbocycles. The summed E-state index contributed by atoms with van der Waals surface area (Å²) in [6.45, 7) is 3.79. The summed E-state index contributed by atoms with van der Waals surface area (Å²) in [6.07, 6.45) is 2.65. The van der Waals surface area contributed by atoms with E-state index in [1.165, 1.54) is 11.1 Å². The number of halogens is 2. The Balaban J connectivity index is 0.00000121. The zero-order valence-electron chi connectivity index (χ0n) is 12.3. The first-order valence-electron chi connectivity index (χ1n) is 6.79. The third-order valence-corrected chi connectivity index (χ3v) is 3.52. The monoisotopic (exact) mass is 339 g/mol. The Kier molecular flexibility index (Phi) is 6.81. The van der Waals surface area contributed by atoms with Gasteiger partial charge in [-0.1, -0.05) is 6.07 Å². The molecule has 2 N–H and O–H groups in total. The molecule has 118 valence electrons. The molecule has 0 atom stereocenters. The Bertz CT molecular complexity index is 644. The fraction of sp³-hybridized carbons (Fsp3) is 0.250. The first-order chi connectivity index (χ1) is 9.72. The first-order valence-corrected chi connectivity index (χ1v) is 6.79. The highest BCUT2D eigenvalue weighted by Gasteiger charge is 2.11. The Labute approximate surface area is 142 Å². The van der Waals surface area contributed by atoms with Gasteiger partial charge in [-0.25, -0.2) is 0 Å². The van der Waals surface area contributed by atoms with Crippen molar-refractivity contribution < 1.29 is 4.79 Å². The van der Waals surface area contributed by atoms with Crippen LogP contribution >= 0.6 is 24.8 Å². The van der Waals surface area contributed by atoms with Crippen LogP contribution < -0.4 is 10.6 Å². The minimum atomic E-state index is -0.124. The smallest absolute Gasteiger partial charge is 0.257 e. The van der Waals surface area contributed by atoms with E-state index in [0.29, 0.717) is 5.56 Å². The number of benzene rings is 1. The van der Waals surface area contributed by atoms with Crippen molar-refractivity contribution in [3.63, 3.8) is 0 Å². The number of carbonyl (C=O) groups is 1. The van der Waals surface area contributed by atoms with Gasteiger partial charge in [-0.15, -0.1) is 24.8 Å². The minimum Gasteiger partial charge on any atom is -0.322 e. The third kappa shape index (κ3) is 4.19. The quantitative estimate of drug-likeness (QED) is 0.883. The average molecular weight is 340 g/mol. The van der Waals surface area contributed by atoms with Crippen molar-refractivity contribution in [3.8, 4) is 0 Å². The number of aryl methyl sites for hydroxylation is 1. The zero-order chi connectivity index (χ0) is 13.9. The molecule has 2 heterocycles. The van der Waals surface area contributed by atoms with E-state index in [-0.39, 0.29) is 30.7 Å². The van der Waals surface area contributed by atoms with E-state index >= 15 is 0 Å². The number of fused-ring (bicyclic) bond motifs is 1. The molecular weight excluding hydrogens is 321 g/mol. The molecule has 0 spiro atoms. The van der Waals surface area contributed by atoms with E-state index in [2.05, 4.69) is 21.7 Å². The lowest BCUT2D eigenvalue weighted by atomic mass is 10.0.